The molecule has 114 valence electrons. The lowest BCUT2D eigenvalue weighted by Gasteiger charge is -2.29. The van der Waals surface area contributed by atoms with Crippen LogP contribution in [0.5, 0.6) is 0 Å². The molecular weight excluding hydrogens is 260 g/mol. The fourth-order valence-electron chi connectivity index (χ4n) is 2.73. The molecule has 0 radical (unpaired) electrons. The van der Waals surface area contributed by atoms with Gasteiger partial charge in [-0.15, -0.1) is 0 Å². The second kappa shape index (κ2) is 7.26. The Kier molecular flexibility index (Phi) is 5.98. The van der Waals surface area contributed by atoms with Crippen molar-refractivity contribution in [1.29, 1.82) is 0 Å². The molecule has 1 aliphatic rings. The maximum absolute atomic E-state index is 12.3. The van der Waals surface area contributed by atoms with E-state index < -0.39 is 5.97 Å². The third-order valence-corrected chi connectivity index (χ3v) is 4.04. The maximum atomic E-state index is 12.3. The second-order valence-corrected chi connectivity index (χ2v) is 5.62. The number of nitrogens with zero attached hydrogens (tertiary/aromatic N) is 1. The first-order valence-electron chi connectivity index (χ1n) is 7.06. The van der Waals surface area contributed by atoms with E-state index in [0.29, 0.717) is 32.2 Å². The number of nitrogens with one attached hydrogen (secondary N) is 1. The van der Waals surface area contributed by atoms with E-state index in [0.717, 1.165) is 0 Å². The molecule has 1 unspecified atom stereocenters. The first-order chi connectivity index (χ1) is 9.36. The van der Waals surface area contributed by atoms with Gasteiger partial charge < -0.3 is 15.3 Å². The van der Waals surface area contributed by atoms with Gasteiger partial charge in [-0.25, -0.2) is 0 Å². The average Bonchev–Trinajstić information content (AvgIpc) is 2.45. The maximum Gasteiger partial charge on any atom is 0.306 e. The Morgan fingerprint density at radius 2 is 1.70 bits per heavy atom. The van der Waals surface area contributed by atoms with Gasteiger partial charge >= 0.3 is 5.97 Å². The predicted molar refractivity (Wildman–Crippen MR) is 74.0 cm³/mol. The summed E-state index contributed by atoms with van der Waals surface area (Å²) in [4.78, 5) is 36.2. The highest BCUT2D eigenvalue weighted by atomic mass is 16.4. The Bertz CT molecular complexity index is 375. The number of hydrogen-bond donors (Lipinski definition) is 2. The summed E-state index contributed by atoms with van der Waals surface area (Å²) in [6.45, 7) is 2.17. The quantitative estimate of drug-likeness (QED) is 0.778. The Hall–Kier alpha value is -1.59. The lowest BCUT2D eigenvalue weighted by atomic mass is 9.81. The van der Waals surface area contributed by atoms with Crippen LogP contribution >= 0.6 is 0 Å². The lowest BCUT2D eigenvalue weighted by Crippen LogP contribution is -2.41. The van der Waals surface area contributed by atoms with Crippen molar-refractivity contribution in [2.24, 2.45) is 17.8 Å². The minimum absolute atomic E-state index is 0.0181. The van der Waals surface area contributed by atoms with Crippen LogP contribution in [-0.4, -0.2) is 48.4 Å². The molecule has 0 aromatic heterocycles. The van der Waals surface area contributed by atoms with Crippen LogP contribution in [-0.2, 0) is 14.4 Å². The predicted octanol–water partition coefficient (Wildman–Crippen LogP) is 0.718. The molecule has 2 amide bonds. The Balaban J connectivity index is 2.46. The van der Waals surface area contributed by atoms with Crippen molar-refractivity contribution in [2.45, 2.75) is 32.6 Å². The third-order valence-electron chi connectivity index (χ3n) is 4.04. The molecule has 1 rings (SSSR count). The van der Waals surface area contributed by atoms with E-state index in [-0.39, 0.29) is 29.6 Å². The highest BCUT2D eigenvalue weighted by molar-refractivity contribution is 5.81. The number of aliphatic carboxylic acids is 1. The molecule has 0 heterocycles. The Labute approximate surface area is 119 Å². The summed E-state index contributed by atoms with van der Waals surface area (Å²) >= 11 is 0. The largest absolute Gasteiger partial charge is 0.481 e. The van der Waals surface area contributed by atoms with E-state index in [1.807, 2.05) is 0 Å². The van der Waals surface area contributed by atoms with Crippen molar-refractivity contribution in [2.75, 3.05) is 20.6 Å². The first kappa shape index (κ1) is 16.5. The van der Waals surface area contributed by atoms with Crippen LogP contribution in [0.4, 0.5) is 0 Å². The van der Waals surface area contributed by atoms with Crippen LogP contribution in [0.2, 0.25) is 0 Å². The van der Waals surface area contributed by atoms with E-state index in [9.17, 15) is 14.4 Å². The van der Waals surface area contributed by atoms with E-state index in [4.69, 9.17) is 5.11 Å². The van der Waals surface area contributed by atoms with E-state index >= 15 is 0 Å². The summed E-state index contributed by atoms with van der Waals surface area (Å²) in [6, 6.07) is 0. The van der Waals surface area contributed by atoms with Gasteiger partial charge in [0, 0.05) is 26.6 Å². The molecule has 1 fully saturated rings. The van der Waals surface area contributed by atoms with Gasteiger partial charge in [-0.1, -0.05) is 6.92 Å². The highest BCUT2D eigenvalue weighted by Crippen LogP contribution is 2.30. The second-order valence-electron chi connectivity index (χ2n) is 5.62. The molecule has 6 nitrogen and oxygen atoms in total. The van der Waals surface area contributed by atoms with Crippen molar-refractivity contribution in [3.63, 3.8) is 0 Å². The van der Waals surface area contributed by atoms with Crippen LogP contribution < -0.4 is 5.32 Å². The SMILES string of the molecule is CNC(=O)C(C)CN(C)C(=O)C1CCC(C(=O)O)CC1. The molecule has 1 aliphatic carbocycles. The summed E-state index contributed by atoms with van der Waals surface area (Å²) in [5.74, 6) is -1.49. The number of rotatable bonds is 5. The molecular formula is C14H24N2O4. The van der Waals surface area contributed by atoms with E-state index in [1.54, 1.807) is 25.9 Å². The minimum Gasteiger partial charge on any atom is -0.481 e. The highest BCUT2D eigenvalue weighted by Gasteiger charge is 2.31. The van der Waals surface area contributed by atoms with Gasteiger partial charge in [-0.2, -0.15) is 0 Å². The molecule has 2 N–H and O–H groups in total. The standard InChI is InChI=1S/C14H24N2O4/c1-9(12(17)15-2)8-16(3)13(18)10-4-6-11(7-5-10)14(19)20/h9-11H,4-8H2,1-3H3,(H,15,17)(H,19,20). The molecule has 0 spiro atoms. The van der Waals surface area contributed by atoms with Gasteiger partial charge in [0.2, 0.25) is 11.8 Å². The van der Waals surface area contributed by atoms with Crippen LogP contribution in [0.3, 0.4) is 0 Å². The van der Waals surface area contributed by atoms with Crippen molar-refractivity contribution in [1.82, 2.24) is 10.2 Å². The summed E-state index contributed by atoms with van der Waals surface area (Å²) in [5.41, 5.74) is 0. The van der Waals surface area contributed by atoms with Gasteiger partial charge in [0.25, 0.3) is 0 Å². The van der Waals surface area contributed by atoms with Gasteiger partial charge in [0.1, 0.15) is 0 Å². The fourth-order valence-corrected chi connectivity index (χ4v) is 2.73. The van der Waals surface area contributed by atoms with Crippen molar-refractivity contribution >= 4 is 17.8 Å². The van der Waals surface area contributed by atoms with Crippen molar-refractivity contribution in [3.8, 4) is 0 Å². The molecule has 1 atom stereocenters. The van der Waals surface area contributed by atoms with E-state index in [2.05, 4.69) is 5.32 Å². The summed E-state index contributed by atoms with van der Waals surface area (Å²) in [6.07, 6.45) is 2.36. The van der Waals surface area contributed by atoms with Crippen LogP contribution in [0.25, 0.3) is 0 Å². The van der Waals surface area contributed by atoms with Gasteiger partial charge in [0.15, 0.2) is 0 Å². The fraction of sp³-hybridized carbons (Fsp3) is 0.786. The number of amides is 2. The molecule has 0 bridgehead atoms. The van der Waals surface area contributed by atoms with Crippen molar-refractivity contribution in [3.05, 3.63) is 0 Å². The minimum atomic E-state index is -0.766. The summed E-state index contributed by atoms with van der Waals surface area (Å²) in [7, 11) is 3.28. The number of carboxylic acid groups (broad SMARTS) is 1. The lowest BCUT2D eigenvalue weighted by molar-refractivity contribution is -0.145. The molecule has 6 heteroatoms. The zero-order chi connectivity index (χ0) is 15.3. The summed E-state index contributed by atoms with van der Waals surface area (Å²) in [5, 5.41) is 11.5. The molecule has 20 heavy (non-hydrogen) atoms. The van der Waals surface area contributed by atoms with Gasteiger partial charge in [-0.05, 0) is 25.7 Å². The van der Waals surface area contributed by atoms with Crippen molar-refractivity contribution < 1.29 is 19.5 Å². The molecule has 0 saturated heterocycles. The normalized spacial score (nSPS) is 23.8. The monoisotopic (exact) mass is 284 g/mol. The number of hydrogen-bond acceptors (Lipinski definition) is 3. The zero-order valence-electron chi connectivity index (χ0n) is 12.4. The molecule has 0 aromatic rings. The Morgan fingerprint density at radius 1 is 1.20 bits per heavy atom. The first-order valence-corrected chi connectivity index (χ1v) is 7.06. The van der Waals surface area contributed by atoms with E-state index in [1.165, 1.54) is 0 Å². The average molecular weight is 284 g/mol. The molecule has 0 aromatic carbocycles. The van der Waals surface area contributed by atoms with Gasteiger partial charge in [-0.3, -0.25) is 14.4 Å². The third kappa shape index (κ3) is 4.21. The summed E-state index contributed by atoms with van der Waals surface area (Å²) < 4.78 is 0. The number of carbonyl (C=O) groups excluding carboxylic acids is 2. The van der Waals surface area contributed by atoms with Crippen LogP contribution in [0.15, 0.2) is 0 Å². The molecule has 0 aliphatic heterocycles. The zero-order valence-corrected chi connectivity index (χ0v) is 12.4. The van der Waals surface area contributed by atoms with Gasteiger partial charge in [0.05, 0.1) is 11.8 Å². The topological polar surface area (TPSA) is 86.7 Å². The number of carboxylic acids is 1. The van der Waals surface area contributed by atoms with Crippen LogP contribution in [0, 0.1) is 17.8 Å². The van der Waals surface area contributed by atoms with Crippen LogP contribution in [0.1, 0.15) is 32.6 Å². The smallest absolute Gasteiger partial charge is 0.306 e. The Morgan fingerprint density at radius 3 is 2.15 bits per heavy atom. The molecule has 1 saturated carbocycles. The number of carbonyl (C=O) groups is 3.